The van der Waals surface area contributed by atoms with Gasteiger partial charge < -0.3 is 9.15 Å². The summed E-state index contributed by atoms with van der Waals surface area (Å²) in [5, 5.41) is 6.75. The first-order valence-corrected chi connectivity index (χ1v) is 10.4. The third-order valence-electron chi connectivity index (χ3n) is 4.71. The molecule has 0 unspecified atom stereocenters. The van der Waals surface area contributed by atoms with Crippen LogP contribution in [0.3, 0.4) is 0 Å². The lowest BCUT2D eigenvalue weighted by atomic mass is 10.1. The summed E-state index contributed by atoms with van der Waals surface area (Å²) >= 11 is 1.21. The zero-order valence-corrected chi connectivity index (χ0v) is 17.7. The van der Waals surface area contributed by atoms with Crippen LogP contribution in [-0.4, -0.2) is 18.1 Å². The van der Waals surface area contributed by atoms with Crippen molar-refractivity contribution in [2.24, 2.45) is 5.10 Å². The average molecular weight is 420 g/mol. The Bertz CT molecular complexity index is 1280. The molecule has 0 aliphatic heterocycles. The van der Waals surface area contributed by atoms with Gasteiger partial charge in [-0.2, -0.15) is 5.10 Å². The van der Waals surface area contributed by atoms with Crippen LogP contribution < -0.4 is 10.8 Å². The molecule has 2 aromatic heterocycles. The van der Waals surface area contributed by atoms with Crippen LogP contribution in [0, 0.1) is 6.92 Å². The van der Waals surface area contributed by atoms with E-state index in [1.54, 1.807) is 6.92 Å². The molecule has 0 saturated heterocycles. The number of esters is 1. The summed E-state index contributed by atoms with van der Waals surface area (Å²) in [6.07, 6.45) is 0.914. The minimum absolute atomic E-state index is 0.402. The van der Waals surface area contributed by atoms with Crippen LogP contribution in [0.15, 0.2) is 64.1 Å². The number of anilines is 1. The molecule has 4 rings (SSSR count). The molecule has 0 aliphatic carbocycles. The maximum Gasteiger partial charge on any atom is 0.350 e. The van der Waals surface area contributed by atoms with Crippen molar-refractivity contribution in [2.75, 3.05) is 12.5 Å². The SMILES string of the molecule is CCc1ccc2oc(-c3ccccc3)c/c(=N/Nc3nc(C)c(C(=O)OC)s3)c2c1. The lowest BCUT2D eigenvalue weighted by Gasteiger charge is -2.06. The van der Waals surface area contributed by atoms with E-state index in [1.165, 1.54) is 24.0 Å². The normalized spacial score (nSPS) is 11.6. The smallest absolute Gasteiger partial charge is 0.350 e. The maximum absolute atomic E-state index is 11.8. The summed E-state index contributed by atoms with van der Waals surface area (Å²) in [5.41, 5.74) is 6.51. The van der Waals surface area contributed by atoms with Crippen molar-refractivity contribution in [1.29, 1.82) is 0 Å². The second kappa shape index (κ2) is 8.51. The van der Waals surface area contributed by atoms with E-state index in [0.29, 0.717) is 15.7 Å². The Kier molecular flexibility index (Phi) is 5.63. The molecule has 0 aliphatic rings. The third-order valence-corrected chi connectivity index (χ3v) is 5.76. The van der Waals surface area contributed by atoms with Crippen molar-refractivity contribution in [3.05, 3.63) is 76.1 Å². The van der Waals surface area contributed by atoms with Gasteiger partial charge in [-0.05, 0) is 31.0 Å². The summed E-state index contributed by atoms with van der Waals surface area (Å²) in [6, 6.07) is 17.9. The predicted molar refractivity (Wildman–Crippen MR) is 118 cm³/mol. The molecule has 0 fully saturated rings. The molecular weight excluding hydrogens is 398 g/mol. The molecule has 6 nitrogen and oxygen atoms in total. The topological polar surface area (TPSA) is 76.7 Å². The molecule has 0 bridgehead atoms. The van der Waals surface area contributed by atoms with Gasteiger partial charge in [0.15, 0.2) is 0 Å². The molecule has 152 valence electrons. The first-order chi connectivity index (χ1) is 14.6. The number of carbonyl (C=O) groups excluding carboxylic acids is 1. The van der Waals surface area contributed by atoms with Gasteiger partial charge in [-0.3, -0.25) is 5.43 Å². The summed E-state index contributed by atoms with van der Waals surface area (Å²) in [5.74, 6) is 0.319. The molecule has 0 spiro atoms. The Balaban J connectivity index is 1.82. The maximum atomic E-state index is 11.8. The van der Waals surface area contributed by atoms with Crippen LogP contribution in [0.25, 0.3) is 22.3 Å². The highest BCUT2D eigenvalue weighted by atomic mass is 32.1. The van der Waals surface area contributed by atoms with Crippen LogP contribution in [-0.2, 0) is 11.2 Å². The van der Waals surface area contributed by atoms with Gasteiger partial charge in [-0.15, -0.1) is 0 Å². The van der Waals surface area contributed by atoms with Gasteiger partial charge in [-0.1, -0.05) is 54.7 Å². The molecule has 2 heterocycles. The lowest BCUT2D eigenvalue weighted by Crippen LogP contribution is -2.08. The Morgan fingerprint density at radius 3 is 2.73 bits per heavy atom. The number of aryl methyl sites for hydroxylation is 2. The van der Waals surface area contributed by atoms with E-state index >= 15 is 0 Å². The summed E-state index contributed by atoms with van der Waals surface area (Å²) in [7, 11) is 1.36. The fraction of sp³-hybridized carbons (Fsp3) is 0.174. The number of ether oxygens (including phenoxy) is 1. The molecule has 0 radical (unpaired) electrons. The van der Waals surface area contributed by atoms with Gasteiger partial charge >= 0.3 is 5.97 Å². The predicted octanol–water partition coefficient (Wildman–Crippen LogP) is 5.14. The van der Waals surface area contributed by atoms with Crippen LogP contribution >= 0.6 is 11.3 Å². The molecule has 4 aromatic rings. The number of carbonyl (C=O) groups is 1. The van der Waals surface area contributed by atoms with E-state index in [2.05, 4.69) is 34.6 Å². The van der Waals surface area contributed by atoms with Crippen LogP contribution in [0.2, 0.25) is 0 Å². The van der Waals surface area contributed by atoms with Crippen molar-refractivity contribution in [3.63, 3.8) is 0 Å². The molecule has 2 aromatic carbocycles. The van der Waals surface area contributed by atoms with Crippen LogP contribution in [0.1, 0.15) is 27.9 Å². The first kappa shape index (κ1) is 19.8. The van der Waals surface area contributed by atoms with Crippen molar-refractivity contribution in [1.82, 2.24) is 4.98 Å². The van der Waals surface area contributed by atoms with E-state index in [4.69, 9.17) is 9.15 Å². The van der Waals surface area contributed by atoms with Crippen LogP contribution in [0.5, 0.6) is 0 Å². The van der Waals surface area contributed by atoms with Gasteiger partial charge in [0.1, 0.15) is 16.2 Å². The van der Waals surface area contributed by atoms with E-state index in [1.807, 2.05) is 42.5 Å². The molecule has 0 amide bonds. The van der Waals surface area contributed by atoms with Crippen molar-refractivity contribution >= 4 is 33.4 Å². The minimum Gasteiger partial charge on any atom is -0.465 e. The second-order valence-electron chi connectivity index (χ2n) is 6.69. The summed E-state index contributed by atoms with van der Waals surface area (Å²) in [6.45, 7) is 3.88. The standard InChI is InChI=1S/C23H21N3O3S/c1-4-15-10-11-19-17(12-15)18(13-20(29-19)16-8-6-5-7-9-16)25-26-23-24-14(2)21(30-23)22(27)28-3/h5-13H,4H2,1-3H3,(H,24,26)/b25-18-. The number of aromatic nitrogens is 1. The molecule has 0 atom stereocenters. The zero-order chi connectivity index (χ0) is 21.1. The van der Waals surface area contributed by atoms with Gasteiger partial charge in [0.05, 0.1) is 18.2 Å². The first-order valence-electron chi connectivity index (χ1n) is 9.56. The third kappa shape index (κ3) is 3.97. The Hall–Kier alpha value is -3.45. The number of thiazole rings is 1. The highest BCUT2D eigenvalue weighted by Crippen LogP contribution is 2.24. The van der Waals surface area contributed by atoms with Crippen molar-refractivity contribution < 1.29 is 13.9 Å². The zero-order valence-electron chi connectivity index (χ0n) is 16.9. The Morgan fingerprint density at radius 1 is 1.20 bits per heavy atom. The van der Waals surface area contributed by atoms with Gasteiger partial charge in [0.25, 0.3) is 0 Å². The van der Waals surface area contributed by atoms with E-state index in [9.17, 15) is 4.79 Å². The van der Waals surface area contributed by atoms with Crippen molar-refractivity contribution in [2.45, 2.75) is 20.3 Å². The number of nitrogens with zero attached hydrogens (tertiary/aromatic N) is 2. The molecule has 30 heavy (non-hydrogen) atoms. The summed E-state index contributed by atoms with van der Waals surface area (Å²) in [4.78, 5) is 16.7. The number of hydrogen-bond donors (Lipinski definition) is 1. The average Bonchev–Trinajstić information content (AvgIpc) is 3.17. The number of rotatable bonds is 5. The largest absolute Gasteiger partial charge is 0.465 e. The summed E-state index contributed by atoms with van der Waals surface area (Å²) < 4.78 is 10.9. The highest BCUT2D eigenvalue weighted by molar-refractivity contribution is 7.17. The number of nitrogens with one attached hydrogen (secondary N) is 1. The van der Waals surface area contributed by atoms with Gasteiger partial charge in [0, 0.05) is 17.0 Å². The number of hydrogen-bond acceptors (Lipinski definition) is 7. The number of methoxy groups -OCH3 is 1. The monoisotopic (exact) mass is 419 g/mol. The molecule has 1 N–H and O–H groups in total. The quantitative estimate of drug-likeness (QED) is 0.358. The van der Waals surface area contributed by atoms with Crippen LogP contribution in [0.4, 0.5) is 5.13 Å². The fourth-order valence-corrected chi connectivity index (χ4v) is 3.93. The Morgan fingerprint density at radius 2 is 2.00 bits per heavy atom. The molecule has 7 heteroatoms. The van der Waals surface area contributed by atoms with E-state index < -0.39 is 5.97 Å². The molecular formula is C23H21N3O3S. The van der Waals surface area contributed by atoms with Crippen molar-refractivity contribution in [3.8, 4) is 11.3 Å². The minimum atomic E-state index is -0.402. The Labute approximate surface area is 177 Å². The second-order valence-corrected chi connectivity index (χ2v) is 7.69. The number of benzene rings is 2. The highest BCUT2D eigenvalue weighted by Gasteiger charge is 2.15. The van der Waals surface area contributed by atoms with Gasteiger partial charge in [0.2, 0.25) is 5.13 Å². The van der Waals surface area contributed by atoms with E-state index in [0.717, 1.165) is 34.1 Å². The van der Waals surface area contributed by atoms with E-state index in [-0.39, 0.29) is 0 Å². The lowest BCUT2D eigenvalue weighted by molar-refractivity contribution is 0.0605. The number of fused-ring (bicyclic) bond motifs is 1. The molecule has 0 saturated carbocycles. The fourth-order valence-electron chi connectivity index (χ4n) is 3.11. The van der Waals surface area contributed by atoms with Gasteiger partial charge in [-0.25, -0.2) is 9.78 Å².